The third-order valence-corrected chi connectivity index (χ3v) is 10.0. The molecule has 9 heteroatoms. The molecule has 0 spiro atoms. The van der Waals surface area contributed by atoms with Crippen molar-refractivity contribution in [2.45, 2.75) is 58.8 Å². The van der Waals surface area contributed by atoms with Gasteiger partial charge in [-0.2, -0.15) is 4.39 Å². The summed E-state index contributed by atoms with van der Waals surface area (Å²) >= 11 is 1.04. The second-order valence-corrected chi connectivity index (χ2v) is 12.8. The number of thiazole rings is 1. The first kappa shape index (κ1) is 28.1. The minimum absolute atomic E-state index is 0.0840. The van der Waals surface area contributed by atoms with Crippen LogP contribution in [0.1, 0.15) is 59.2 Å². The summed E-state index contributed by atoms with van der Waals surface area (Å²) in [6, 6.07) is 11.5. The van der Waals surface area contributed by atoms with E-state index < -0.39 is 6.29 Å². The molecule has 2 atom stereocenters. The Balaban J connectivity index is 1.19. The molecule has 2 aliphatic heterocycles. The van der Waals surface area contributed by atoms with Crippen LogP contribution in [-0.4, -0.2) is 58.5 Å². The number of benzene rings is 2. The SMILES string of the molecule is Cc1ccc(OCc2ccc(C(=O)N3CCCCC3)cc2C)c(-c2nc(N3CC4CCC(C3)C4C(O)O)sc2F)c1. The standard InChI is InChI=1S/C32H38FN3O4S/c1-19-6-11-26(40-18-24-10-7-21(15-20(24)2)30(37)35-12-4-3-5-13-35)25(14-19)28-29(33)41-32(34-28)36-16-22-8-9-23(17-36)27(22)31(38)39/h6-7,10-11,14-15,22-23,27,31,38-39H,3-5,8-9,12-13,16-18H2,1-2H3. The van der Waals surface area contributed by atoms with Gasteiger partial charge < -0.3 is 24.7 Å². The average molecular weight is 580 g/mol. The van der Waals surface area contributed by atoms with Crippen molar-refractivity contribution in [2.75, 3.05) is 31.1 Å². The summed E-state index contributed by atoms with van der Waals surface area (Å²) in [7, 11) is 0. The van der Waals surface area contributed by atoms with E-state index in [0.29, 0.717) is 41.7 Å². The number of halogens is 1. The first-order valence-electron chi connectivity index (χ1n) is 14.7. The predicted molar refractivity (Wildman–Crippen MR) is 158 cm³/mol. The van der Waals surface area contributed by atoms with Crippen LogP contribution in [0.25, 0.3) is 11.3 Å². The number of amides is 1. The summed E-state index contributed by atoms with van der Waals surface area (Å²) in [6.07, 6.45) is 3.90. The maximum absolute atomic E-state index is 15.4. The summed E-state index contributed by atoms with van der Waals surface area (Å²) in [4.78, 5) is 21.7. The maximum Gasteiger partial charge on any atom is 0.253 e. The van der Waals surface area contributed by atoms with Gasteiger partial charge in [0.25, 0.3) is 5.91 Å². The second kappa shape index (κ2) is 11.7. The number of rotatable bonds is 7. The first-order chi connectivity index (χ1) is 19.8. The summed E-state index contributed by atoms with van der Waals surface area (Å²) in [5.74, 6) is 0.869. The van der Waals surface area contributed by atoms with Crippen LogP contribution in [-0.2, 0) is 6.61 Å². The quantitative estimate of drug-likeness (QED) is 0.358. The Morgan fingerprint density at radius 2 is 1.80 bits per heavy atom. The van der Waals surface area contributed by atoms with Gasteiger partial charge in [-0.25, -0.2) is 4.98 Å². The molecule has 1 saturated carbocycles. The Morgan fingerprint density at radius 3 is 2.49 bits per heavy atom. The maximum atomic E-state index is 15.4. The molecule has 7 nitrogen and oxygen atoms in total. The summed E-state index contributed by atoms with van der Waals surface area (Å²) < 4.78 is 21.7. The molecule has 41 heavy (non-hydrogen) atoms. The van der Waals surface area contributed by atoms with Gasteiger partial charge in [-0.3, -0.25) is 4.79 Å². The van der Waals surface area contributed by atoms with E-state index in [1.54, 1.807) is 0 Å². The molecule has 3 fully saturated rings. The third-order valence-electron chi connectivity index (χ3n) is 9.10. The fourth-order valence-corrected chi connectivity index (χ4v) is 7.71. The molecule has 2 aromatic carbocycles. The molecule has 218 valence electrons. The van der Waals surface area contributed by atoms with E-state index in [-0.39, 0.29) is 34.5 Å². The van der Waals surface area contributed by atoms with Crippen molar-refractivity contribution < 1.29 is 24.1 Å². The number of likely N-dealkylation sites (tertiary alicyclic amines) is 1. The molecule has 1 amide bonds. The zero-order chi connectivity index (χ0) is 28.7. The largest absolute Gasteiger partial charge is 0.488 e. The number of carbonyl (C=O) groups is 1. The molecule has 0 radical (unpaired) electrons. The Labute approximate surface area is 244 Å². The Hall–Kier alpha value is -3.01. The van der Waals surface area contributed by atoms with E-state index in [2.05, 4.69) is 4.90 Å². The smallest absolute Gasteiger partial charge is 0.253 e. The number of aliphatic hydroxyl groups is 2. The molecule has 1 aliphatic carbocycles. The Morgan fingerprint density at radius 1 is 1.07 bits per heavy atom. The van der Waals surface area contributed by atoms with Gasteiger partial charge in [0.05, 0.1) is 0 Å². The van der Waals surface area contributed by atoms with Crippen molar-refractivity contribution in [3.63, 3.8) is 0 Å². The highest BCUT2D eigenvalue weighted by Crippen LogP contribution is 2.46. The Kier molecular flexibility index (Phi) is 8.03. The number of aromatic nitrogens is 1. The minimum Gasteiger partial charge on any atom is -0.488 e. The highest BCUT2D eigenvalue weighted by molar-refractivity contribution is 7.14. The van der Waals surface area contributed by atoms with Gasteiger partial charge in [-0.05, 0) is 93.2 Å². The van der Waals surface area contributed by atoms with E-state index >= 15 is 4.39 Å². The van der Waals surface area contributed by atoms with Crippen molar-refractivity contribution in [3.8, 4) is 17.0 Å². The molecule has 2 unspecified atom stereocenters. The van der Waals surface area contributed by atoms with E-state index in [4.69, 9.17) is 9.72 Å². The second-order valence-electron chi connectivity index (χ2n) is 11.9. The van der Waals surface area contributed by atoms with E-state index in [1.807, 2.05) is 55.1 Å². The third kappa shape index (κ3) is 5.72. The van der Waals surface area contributed by atoms with Crippen LogP contribution < -0.4 is 9.64 Å². The van der Waals surface area contributed by atoms with Gasteiger partial charge in [-0.15, -0.1) is 0 Å². The molecule has 2 bridgehead atoms. The molecule has 3 aromatic rings. The summed E-state index contributed by atoms with van der Waals surface area (Å²) in [6.45, 7) is 7.18. The lowest BCUT2D eigenvalue weighted by Crippen LogP contribution is -2.46. The highest BCUT2D eigenvalue weighted by atomic mass is 32.1. The number of piperidine rings is 2. The molecule has 1 aromatic heterocycles. The number of fused-ring (bicyclic) bond motifs is 2. The molecule has 3 heterocycles. The van der Waals surface area contributed by atoms with E-state index in [1.165, 1.54) is 6.42 Å². The molecule has 3 aliphatic rings. The molecule has 2 N–H and O–H groups in total. The van der Waals surface area contributed by atoms with Crippen LogP contribution in [0.5, 0.6) is 5.75 Å². The normalized spacial score (nSPS) is 22.4. The van der Waals surface area contributed by atoms with Crippen LogP contribution in [0.15, 0.2) is 36.4 Å². The average Bonchev–Trinajstić information content (AvgIpc) is 3.49. The number of ether oxygens (including phenoxy) is 1. The van der Waals surface area contributed by atoms with Gasteiger partial charge in [0.15, 0.2) is 11.4 Å². The highest BCUT2D eigenvalue weighted by Gasteiger charge is 2.45. The summed E-state index contributed by atoms with van der Waals surface area (Å²) in [5, 5.41) is 20.0. The van der Waals surface area contributed by atoms with Crippen LogP contribution >= 0.6 is 11.3 Å². The van der Waals surface area contributed by atoms with Crippen LogP contribution in [0.2, 0.25) is 0 Å². The number of hydrogen-bond acceptors (Lipinski definition) is 7. The van der Waals surface area contributed by atoms with Crippen molar-refractivity contribution in [1.29, 1.82) is 0 Å². The van der Waals surface area contributed by atoms with E-state index in [9.17, 15) is 15.0 Å². The van der Waals surface area contributed by atoms with Crippen molar-refractivity contribution in [1.82, 2.24) is 9.88 Å². The van der Waals surface area contributed by atoms with Crippen molar-refractivity contribution in [3.05, 3.63) is 63.8 Å². The molecular weight excluding hydrogens is 541 g/mol. The number of hydrogen-bond donors (Lipinski definition) is 2. The Bertz CT molecular complexity index is 1410. The van der Waals surface area contributed by atoms with Crippen molar-refractivity contribution >= 4 is 22.4 Å². The molecule has 6 rings (SSSR count). The van der Waals surface area contributed by atoms with Gasteiger partial charge in [0.2, 0.25) is 5.13 Å². The zero-order valence-corrected chi connectivity index (χ0v) is 24.5. The fraction of sp³-hybridized carbons (Fsp3) is 0.500. The summed E-state index contributed by atoms with van der Waals surface area (Å²) in [5.41, 5.74) is 4.52. The lowest BCUT2D eigenvalue weighted by atomic mass is 9.85. The fourth-order valence-electron chi connectivity index (χ4n) is 6.88. The topological polar surface area (TPSA) is 86.1 Å². The van der Waals surface area contributed by atoms with Crippen molar-refractivity contribution in [2.24, 2.45) is 17.8 Å². The van der Waals surface area contributed by atoms with Crippen LogP contribution in [0.3, 0.4) is 0 Å². The lowest BCUT2D eigenvalue weighted by Gasteiger charge is -2.38. The number of aryl methyl sites for hydroxylation is 2. The number of nitrogens with zero attached hydrogens (tertiary/aromatic N) is 3. The van der Waals surface area contributed by atoms with Gasteiger partial charge in [0, 0.05) is 43.2 Å². The molecule has 2 saturated heterocycles. The van der Waals surface area contributed by atoms with Gasteiger partial charge >= 0.3 is 0 Å². The number of anilines is 1. The van der Waals surface area contributed by atoms with Crippen LogP contribution in [0.4, 0.5) is 9.52 Å². The van der Waals surface area contributed by atoms with Crippen LogP contribution in [0, 0.1) is 36.7 Å². The predicted octanol–water partition coefficient (Wildman–Crippen LogP) is 5.54. The number of aliphatic hydroxyl groups excluding tert-OH is 1. The van der Waals surface area contributed by atoms with Gasteiger partial charge in [0.1, 0.15) is 18.1 Å². The van der Waals surface area contributed by atoms with Gasteiger partial charge in [-0.1, -0.05) is 29.0 Å². The molecular formula is C32H38FN3O4S. The minimum atomic E-state index is -1.31. The number of carbonyl (C=O) groups excluding carboxylic acids is 1. The first-order valence-corrected chi connectivity index (χ1v) is 15.5. The lowest BCUT2D eigenvalue weighted by molar-refractivity contribution is -0.109. The zero-order valence-electron chi connectivity index (χ0n) is 23.7. The monoisotopic (exact) mass is 579 g/mol. The van der Waals surface area contributed by atoms with E-state index in [0.717, 1.165) is 66.8 Å².